The van der Waals surface area contributed by atoms with E-state index < -0.39 is 0 Å². The maximum atomic E-state index is 6.28. The SMILES string of the molecule is Nc1ncnc(N2CCCC2c2ccc3c(c2)OCO3)c1Cl. The number of nitrogen functional groups attached to an aromatic ring is 1. The molecule has 0 radical (unpaired) electrons. The Morgan fingerprint density at radius 2 is 2.09 bits per heavy atom. The van der Waals surface area contributed by atoms with E-state index in [1.54, 1.807) is 0 Å². The first-order valence-corrected chi connectivity index (χ1v) is 7.54. The fourth-order valence-corrected chi connectivity index (χ4v) is 3.27. The minimum Gasteiger partial charge on any atom is -0.454 e. The average Bonchev–Trinajstić information content (AvgIpc) is 3.17. The van der Waals surface area contributed by atoms with E-state index in [2.05, 4.69) is 20.9 Å². The molecule has 1 unspecified atom stereocenters. The molecule has 1 aromatic heterocycles. The van der Waals surface area contributed by atoms with Crippen LogP contribution in [-0.4, -0.2) is 23.3 Å². The first-order chi connectivity index (χ1) is 10.7. The van der Waals surface area contributed by atoms with Gasteiger partial charge < -0.3 is 20.1 Å². The summed E-state index contributed by atoms with van der Waals surface area (Å²) >= 11 is 6.28. The van der Waals surface area contributed by atoms with Gasteiger partial charge in [0.05, 0.1) is 6.04 Å². The number of nitrogens with zero attached hydrogens (tertiary/aromatic N) is 3. The first kappa shape index (κ1) is 13.5. The summed E-state index contributed by atoms with van der Waals surface area (Å²) in [6.45, 7) is 1.16. The lowest BCUT2D eigenvalue weighted by molar-refractivity contribution is 0.174. The van der Waals surface area contributed by atoms with E-state index >= 15 is 0 Å². The van der Waals surface area contributed by atoms with Crippen LogP contribution in [0.4, 0.5) is 11.6 Å². The molecule has 0 aliphatic carbocycles. The van der Waals surface area contributed by atoms with Crippen molar-refractivity contribution in [3.05, 3.63) is 35.1 Å². The van der Waals surface area contributed by atoms with E-state index in [9.17, 15) is 0 Å². The smallest absolute Gasteiger partial charge is 0.231 e. The lowest BCUT2D eigenvalue weighted by atomic mass is 10.0. The van der Waals surface area contributed by atoms with Crippen LogP contribution in [0, 0.1) is 0 Å². The Morgan fingerprint density at radius 3 is 3.00 bits per heavy atom. The van der Waals surface area contributed by atoms with Gasteiger partial charge in [0.15, 0.2) is 17.3 Å². The second-order valence-electron chi connectivity index (χ2n) is 5.36. The lowest BCUT2D eigenvalue weighted by Gasteiger charge is -2.27. The summed E-state index contributed by atoms with van der Waals surface area (Å²) in [7, 11) is 0. The van der Waals surface area contributed by atoms with Gasteiger partial charge in [-0.05, 0) is 30.5 Å². The van der Waals surface area contributed by atoms with Gasteiger partial charge in [-0.1, -0.05) is 17.7 Å². The van der Waals surface area contributed by atoms with Gasteiger partial charge in [-0.3, -0.25) is 0 Å². The Hall–Kier alpha value is -2.21. The van der Waals surface area contributed by atoms with Crippen molar-refractivity contribution in [1.82, 2.24) is 9.97 Å². The van der Waals surface area contributed by atoms with E-state index in [0.29, 0.717) is 16.7 Å². The van der Waals surface area contributed by atoms with Gasteiger partial charge in [0.25, 0.3) is 0 Å². The maximum absolute atomic E-state index is 6.28. The third kappa shape index (κ3) is 2.11. The molecule has 7 heteroatoms. The summed E-state index contributed by atoms with van der Waals surface area (Å²) in [6, 6.07) is 6.24. The molecule has 1 aromatic carbocycles. The molecule has 3 heterocycles. The fraction of sp³-hybridized carbons (Fsp3) is 0.333. The number of hydrogen-bond donors (Lipinski definition) is 1. The van der Waals surface area contributed by atoms with Crippen molar-refractivity contribution < 1.29 is 9.47 Å². The molecule has 6 nitrogen and oxygen atoms in total. The summed E-state index contributed by atoms with van der Waals surface area (Å²) < 4.78 is 10.8. The highest BCUT2D eigenvalue weighted by molar-refractivity contribution is 6.35. The third-order valence-corrected chi connectivity index (χ3v) is 4.47. The third-order valence-electron chi connectivity index (χ3n) is 4.10. The Bertz CT molecular complexity index is 725. The number of aromatic nitrogens is 2. The van der Waals surface area contributed by atoms with Crippen LogP contribution >= 0.6 is 11.6 Å². The van der Waals surface area contributed by atoms with Crippen molar-refractivity contribution in [1.29, 1.82) is 0 Å². The molecule has 2 aliphatic heterocycles. The van der Waals surface area contributed by atoms with Gasteiger partial charge in [0, 0.05) is 6.54 Å². The van der Waals surface area contributed by atoms with Gasteiger partial charge in [-0.15, -0.1) is 0 Å². The summed E-state index contributed by atoms with van der Waals surface area (Å²) in [4.78, 5) is 10.4. The number of fused-ring (bicyclic) bond motifs is 1. The van der Waals surface area contributed by atoms with Crippen molar-refractivity contribution in [2.24, 2.45) is 0 Å². The van der Waals surface area contributed by atoms with Crippen LogP contribution in [0.3, 0.4) is 0 Å². The highest BCUT2D eigenvalue weighted by Crippen LogP contribution is 2.42. The van der Waals surface area contributed by atoms with Gasteiger partial charge in [-0.2, -0.15) is 0 Å². The summed E-state index contributed by atoms with van der Waals surface area (Å²) in [5.74, 6) is 2.58. The molecule has 4 rings (SSSR count). The monoisotopic (exact) mass is 318 g/mol. The second kappa shape index (κ2) is 5.21. The number of rotatable bonds is 2. The van der Waals surface area contributed by atoms with E-state index in [1.165, 1.54) is 6.33 Å². The molecule has 0 bridgehead atoms. The first-order valence-electron chi connectivity index (χ1n) is 7.16. The average molecular weight is 319 g/mol. The molecule has 2 N–H and O–H groups in total. The van der Waals surface area contributed by atoms with Crippen LogP contribution in [0.2, 0.25) is 5.02 Å². The van der Waals surface area contributed by atoms with Crippen LogP contribution in [-0.2, 0) is 0 Å². The van der Waals surface area contributed by atoms with Crippen LogP contribution in [0.5, 0.6) is 11.5 Å². The van der Waals surface area contributed by atoms with E-state index in [0.717, 1.165) is 36.4 Å². The van der Waals surface area contributed by atoms with Crippen molar-refractivity contribution >= 4 is 23.2 Å². The van der Waals surface area contributed by atoms with Crippen molar-refractivity contribution in [2.75, 3.05) is 24.0 Å². The molecule has 0 saturated carbocycles. The molecule has 2 aliphatic rings. The molecule has 22 heavy (non-hydrogen) atoms. The minimum atomic E-state index is 0.196. The molecular weight excluding hydrogens is 304 g/mol. The molecule has 1 atom stereocenters. The topological polar surface area (TPSA) is 73.5 Å². The van der Waals surface area contributed by atoms with Crippen molar-refractivity contribution in [3.63, 3.8) is 0 Å². The summed E-state index contributed by atoms with van der Waals surface area (Å²) in [6.07, 6.45) is 3.55. The quantitative estimate of drug-likeness (QED) is 0.918. The van der Waals surface area contributed by atoms with Gasteiger partial charge in [-0.25, -0.2) is 9.97 Å². The lowest BCUT2D eigenvalue weighted by Crippen LogP contribution is -2.24. The zero-order valence-electron chi connectivity index (χ0n) is 11.8. The second-order valence-corrected chi connectivity index (χ2v) is 5.74. The van der Waals surface area contributed by atoms with Crippen LogP contribution < -0.4 is 20.1 Å². The predicted octanol–water partition coefficient (Wildman–Crippen LogP) is 2.78. The molecule has 1 fully saturated rings. The number of halogens is 1. The number of benzene rings is 1. The van der Waals surface area contributed by atoms with Crippen molar-refractivity contribution in [3.8, 4) is 11.5 Å². The highest BCUT2D eigenvalue weighted by Gasteiger charge is 2.30. The van der Waals surface area contributed by atoms with E-state index in [4.69, 9.17) is 26.8 Å². The number of hydrogen-bond acceptors (Lipinski definition) is 6. The van der Waals surface area contributed by atoms with E-state index in [-0.39, 0.29) is 12.8 Å². The zero-order chi connectivity index (χ0) is 15.1. The van der Waals surface area contributed by atoms with Gasteiger partial charge >= 0.3 is 0 Å². The van der Waals surface area contributed by atoms with Gasteiger partial charge in [0.2, 0.25) is 6.79 Å². The van der Waals surface area contributed by atoms with Crippen LogP contribution in [0.25, 0.3) is 0 Å². The molecular formula is C15H15ClN4O2. The molecule has 2 aromatic rings. The van der Waals surface area contributed by atoms with Crippen molar-refractivity contribution in [2.45, 2.75) is 18.9 Å². The molecule has 0 spiro atoms. The normalized spacial score (nSPS) is 19.7. The zero-order valence-corrected chi connectivity index (χ0v) is 12.6. The molecule has 1 saturated heterocycles. The maximum Gasteiger partial charge on any atom is 0.231 e. The Labute approximate surface area is 132 Å². The summed E-state index contributed by atoms with van der Waals surface area (Å²) in [5, 5.41) is 0.412. The molecule has 0 amide bonds. The Morgan fingerprint density at radius 1 is 1.23 bits per heavy atom. The Balaban J connectivity index is 1.70. The van der Waals surface area contributed by atoms with E-state index in [1.807, 2.05) is 12.1 Å². The fourth-order valence-electron chi connectivity index (χ4n) is 3.06. The number of anilines is 2. The largest absolute Gasteiger partial charge is 0.454 e. The molecule has 114 valence electrons. The summed E-state index contributed by atoms with van der Waals surface area (Å²) in [5.41, 5.74) is 6.96. The van der Waals surface area contributed by atoms with Crippen LogP contribution in [0.15, 0.2) is 24.5 Å². The number of ether oxygens (including phenoxy) is 2. The minimum absolute atomic E-state index is 0.196. The Kier molecular flexibility index (Phi) is 3.18. The highest BCUT2D eigenvalue weighted by atomic mass is 35.5. The van der Waals surface area contributed by atoms with Gasteiger partial charge in [0.1, 0.15) is 17.2 Å². The van der Waals surface area contributed by atoms with Crippen LogP contribution in [0.1, 0.15) is 24.4 Å². The predicted molar refractivity (Wildman–Crippen MR) is 83.3 cm³/mol. The standard InChI is InChI=1S/C15H15ClN4O2/c16-13-14(17)18-7-19-15(13)20-5-1-2-10(20)9-3-4-11-12(6-9)22-8-21-11/h3-4,6-7,10H,1-2,5,8H2,(H2,17,18,19). The number of nitrogens with two attached hydrogens (primary N) is 1.